The fraction of sp³-hybridized carbons (Fsp3) is 0.615. The lowest BCUT2D eigenvalue weighted by Crippen LogP contribution is -2.40. The average Bonchev–Trinajstić information content (AvgIpc) is 2.83. The zero-order valence-corrected chi connectivity index (χ0v) is 12.2. The largest absolute Gasteiger partial charge is 0.444 e. The molecule has 0 bridgehead atoms. The molecule has 4 nitrogen and oxygen atoms in total. The summed E-state index contributed by atoms with van der Waals surface area (Å²) < 4.78 is 5.93. The first-order valence-corrected chi connectivity index (χ1v) is 7.25. The minimum atomic E-state index is -0.0197. The highest BCUT2D eigenvalue weighted by atomic mass is 79.9. The quantitative estimate of drug-likeness (QED) is 0.928. The Kier molecular flexibility index (Phi) is 4.83. The molecule has 100 valence electrons. The van der Waals surface area contributed by atoms with E-state index in [1.54, 1.807) is 12.1 Å². The number of rotatable bonds is 4. The number of hydrogen-bond donors (Lipinski definition) is 1. The van der Waals surface area contributed by atoms with E-state index in [2.05, 4.69) is 21.2 Å². The van der Waals surface area contributed by atoms with E-state index in [1.165, 1.54) is 12.8 Å². The molecule has 0 aromatic carbocycles. The molecule has 1 N–H and O–H groups in total. The lowest BCUT2D eigenvalue weighted by atomic mass is 9.99. The number of furan rings is 1. The zero-order chi connectivity index (χ0) is 13.0. The number of piperidine rings is 1. The smallest absolute Gasteiger partial charge is 0.289 e. The Morgan fingerprint density at radius 3 is 3.00 bits per heavy atom. The van der Waals surface area contributed by atoms with E-state index >= 15 is 0 Å². The van der Waals surface area contributed by atoms with E-state index in [0.29, 0.717) is 22.9 Å². The Labute approximate surface area is 116 Å². The van der Waals surface area contributed by atoms with Gasteiger partial charge in [-0.1, -0.05) is 0 Å². The molecule has 0 spiro atoms. The van der Waals surface area contributed by atoms with Crippen molar-refractivity contribution >= 4 is 21.8 Å². The van der Waals surface area contributed by atoms with Gasteiger partial charge in [0.05, 0.1) is 0 Å². The molecule has 5 heteroatoms. The van der Waals surface area contributed by atoms with Crippen LogP contribution in [0.3, 0.4) is 0 Å². The van der Waals surface area contributed by atoms with Crippen molar-refractivity contribution < 1.29 is 9.21 Å². The number of halogens is 1. The second-order valence-corrected chi connectivity index (χ2v) is 5.44. The fourth-order valence-corrected chi connectivity index (χ4v) is 2.64. The minimum absolute atomic E-state index is 0.0197. The fourth-order valence-electron chi connectivity index (χ4n) is 2.33. The van der Waals surface area contributed by atoms with E-state index < -0.39 is 0 Å². The summed E-state index contributed by atoms with van der Waals surface area (Å²) in [5.74, 6) is 0.947. The van der Waals surface area contributed by atoms with Crippen molar-refractivity contribution in [2.24, 2.45) is 5.92 Å². The summed E-state index contributed by atoms with van der Waals surface area (Å²) in [6.07, 6.45) is 2.39. The van der Waals surface area contributed by atoms with Crippen molar-refractivity contribution in [3.8, 4) is 0 Å². The lowest BCUT2D eigenvalue weighted by Gasteiger charge is -2.29. The first kappa shape index (κ1) is 13.6. The highest BCUT2D eigenvalue weighted by Crippen LogP contribution is 2.18. The Balaban J connectivity index is 1.97. The maximum atomic E-state index is 12.3. The van der Waals surface area contributed by atoms with Crippen molar-refractivity contribution in [2.45, 2.75) is 19.8 Å². The van der Waals surface area contributed by atoms with Crippen LogP contribution in [0.4, 0.5) is 0 Å². The molecule has 0 aliphatic carbocycles. The van der Waals surface area contributed by atoms with E-state index in [-0.39, 0.29) is 5.91 Å². The van der Waals surface area contributed by atoms with Crippen molar-refractivity contribution in [1.82, 2.24) is 10.2 Å². The van der Waals surface area contributed by atoms with Gasteiger partial charge in [-0.05, 0) is 66.8 Å². The Bertz CT molecular complexity index is 399. The van der Waals surface area contributed by atoms with Gasteiger partial charge in [0, 0.05) is 13.1 Å². The normalized spacial score (nSPS) is 19.8. The summed E-state index contributed by atoms with van der Waals surface area (Å²) in [5, 5.41) is 3.38. The molecule has 1 saturated heterocycles. The Hall–Kier alpha value is -0.810. The maximum absolute atomic E-state index is 12.3. The molecule has 0 saturated carbocycles. The van der Waals surface area contributed by atoms with Gasteiger partial charge in [0.2, 0.25) is 0 Å². The van der Waals surface area contributed by atoms with Crippen LogP contribution in [0.2, 0.25) is 0 Å². The second-order valence-electron chi connectivity index (χ2n) is 4.66. The molecule has 0 radical (unpaired) electrons. The Morgan fingerprint density at radius 2 is 2.44 bits per heavy atom. The molecule has 1 aromatic rings. The molecular formula is C13H19BrN2O2. The van der Waals surface area contributed by atoms with Gasteiger partial charge >= 0.3 is 0 Å². The van der Waals surface area contributed by atoms with Crippen LogP contribution in [-0.2, 0) is 0 Å². The van der Waals surface area contributed by atoms with E-state index in [4.69, 9.17) is 4.42 Å². The molecule has 1 aliphatic rings. The van der Waals surface area contributed by atoms with Crippen molar-refractivity contribution in [1.29, 1.82) is 0 Å². The molecule has 1 unspecified atom stereocenters. The van der Waals surface area contributed by atoms with Crippen LogP contribution in [0.25, 0.3) is 0 Å². The SMILES string of the molecule is CCN(CC1CCCNC1)C(=O)c1ccc(Br)o1. The molecule has 1 aromatic heterocycles. The predicted octanol–water partition coefficient (Wildman–Crippen LogP) is 2.50. The molecule has 1 amide bonds. The summed E-state index contributed by atoms with van der Waals surface area (Å²) in [6, 6.07) is 3.47. The summed E-state index contributed by atoms with van der Waals surface area (Å²) >= 11 is 3.22. The molecule has 1 fully saturated rings. The van der Waals surface area contributed by atoms with Gasteiger partial charge in [-0.2, -0.15) is 0 Å². The summed E-state index contributed by atoms with van der Waals surface area (Å²) in [6.45, 7) is 5.63. The van der Waals surface area contributed by atoms with Gasteiger partial charge in [-0.25, -0.2) is 0 Å². The van der Waals surface area contributed by atoms with Crippen LogP contribution in [-0.4, -0.2) is 37.0 Å². The van der Waals surface area contributed by atoms with E-state index in [0.717, 1.165) is 19.6 Å². The van der Waals surface area contributed by atoms with Crippen LogP contribution in [0.1, 0.15) is 30.3 Å². The monoisotopic (exact) mass is 314 g/mol. The maximum Gasteiger partial charge on any atom is 0.289 e. The molecule has 1 atom stereocenters. The zero-order valence-electron chi connectivity index (χ0n) is 10.6. The number of nitrogens with zero attached hydrogens (tertiary/aromatic N) is 1. The third kappa shape index (κ3) is 3.36. The summed E-state index contributed by atoms with van der Waals surface area (Å²) in [7, 11) is 0. The average molecular weight is 315 g/mol. The number of hydrogen-bond acceptors (Lipinski definition) is 3. The van der Waals surface area contributed by atoms with Crippen molar-refractivity contribution in [3.63, 3.8) is 0 Å². The third-order valence-electron chi connectivity index (χ3n) is 3.33. The predicted molar refractivity (Wildman–Crippen MR) is 73.6 cm³/mol. The summed E-state index contributed by atoms with van der Waals surface area (Å²) in [5.41, 5.74) is 0. The standard InChI is InChI=1S/C13H19BrN2O2/c1-2-16(9-10-4-3-7-15-8-10)13(17)11-5-6-12(14)18-11/h5-6,10,15H,2-4,7-9H2,1H3. The number of carbonyl (C=O) groups is 1. The van der Waals surface area contributed by atoms with Gasteiger partial charge in [-0.3, -0.25) is 4.79 Å². The minimum Gasteiger partial charge on any atom is -0.444 e. The molecule has 18 heavy (non-hydrogen) atoms. The van der Waals surface area contributed by atoms with Crippen LogP contribution >= 0.6 is 15.9 Å². The van der Waals surface area contributed by atoms with E-state index in [1.807, 2.05) is 11.8 Å². The topological polar surface area (TPSA) is 45.5 Å². The lowest BCUT2D eigenvalue weighted by molar-refractivity contribution is 0.0695. The molecule has 2 rings (SSSR count). The highest BCUT2D eigenvalue weighted by Gasteiger charge is 2.22. The van der Waals surface area contributed by atoms with Gasteiger partial charge in [0.25, 0.3) is 5.91 Å². The number of amides is 1. The number of nitrogens with one attached hydrogen (secondary N) is 1. The van der Waals surface area contributed by atoms with Crippen molar-refractivity contribution in [3.05, 3.63) is 22.6 Å². The third-order valence-corrected chi connectivity index (χ3v) is 3.76. The van der Waals surface area contributed by atoms with Crippen LogP contribution in [0.5, 0.6) is 0 Å². The highest BCUT2D eigenvalue weighted by molar-refractivity contribution is 9.10. The van der Waals surface area contributed by atoms with Gasteiger partial charge in [0.15, 0.2) is 10.4 Å². The Morgan fingerprint density at radius 1 is 1.61 bits per heavy atom. The molecule has 2 heterocycles. The van der Waals surface area contributed by atoms with Crippen molar-refractivity contribution in [2.75, 3.05) is 26.2 Å². The summed E-state index contributed by atoms with van der Waals surface area (Å²) in [4.78, 5) is 14.1. The molecule has 1 aliphatic heterocycles. The van der Waals surface area contributed by atoms with Crippen LogP contribution in [0.15, 0.2) is 21.2 Å². The second kappa shape index (κ2) is 6.38. The molecular weight excluding hydrogens is 296 g/mol. The van der Waals surface area contributed by atoms with Gasteiger partial charge in [-0.15, -0.1) is 0 Å². The first-order chi connectivity index (χ1) is 8.70. The van der Waals surface area contributed by atoms with E-state index in [9.17, 15) is 4.79 Å². The van der Waals surface area contributed by atoms with Crippen LogP contribution < -0.4 is 5.32 Å². The van der Waals surface area contributed by atoms with Gasteiger partial charge in [0.1, 0.15) is 0 Å². The number of carbonyl (C=O) groups excluding carboxylic acids is 1. The first-order valence-electron chi connectivity index (χ1n) is 6.46. The van der Waals surface area contributed by atoms with Crippen LogP contribution in [0, 0.1) is 5.92 Å². The van der Waals surface area contributed by atoms with Gasteiger partial charge < -0.3 is 14.6 Å².